The van der Waals surface area contributed by atoms with Crippen LogP contribution in [0.3, 0.4) is 0 Å². The van der Waals surface area contributed by atoms with E-state index >= 15 is 0 Å². The smallest absolute Gasteiger partial charge is 0.412 e. The Bertz CT molecular complexity index is 1820. The molecule has 4 aromatic carbocycles. The van der Waals surface area contributed by atoms with Crippen LogP contribution in [0, 0.1) is 0 Å². The summed E-state index contributed by atoms with van der Waals surface area (Å²) in [5, 5.41) is 14.2. The van der Waals surface area contributed by atoms with E-state index in [0.29, 0.717) is 16.7 Å². The molecule has 45 heavy (non-hydrogen) atoms. The van der Waals surface area contributed by atoms with Crippen LogP contribution in [0.25, 0.3) is 10.9 Å². The Kier molecular flexibility index (Phi) is 8.24. The van der Waals surface area contributed by atoms with Crippen molar-refractivity contribution < 1.29 is 14.3 Å². The summed E-state index contributed by atoms with van der Waals surface area (Å²) in [5.74, 6) is 0.583. The highest BCUT2D eigenvalue weighted by Gasteiger charge is 2.41. The first-order chi connectivity index (χ1) is 22.0. The molecule has 0 aliphatic carbocycles. The van der Waals surface area contributed by atoms with Crippen LogP contribution in [0.5, 0.6) is 0 Å². The minimum Gasteiger partial charge on any atom is -0.453 e. The number of carbonyl (C=O) groups excluding carboxylic acids is 2. The number of hydrogen-bond donors (Lipinski definition) is 3. The van der Waals surface area contributed by atoms with E-state index < -0.39 is 17.7 Å². The summed E-state index contributed by atoms with van der Waals surface area (Å²) < 4.78 is 6.80. The predicted molar refractivity (Wildman–Crippen MR) is 175 cm³/mol. The second-order valence-corrected chi connectivity index (χ2v) is 10.5. The Hall–Kier alpha value is -5.96. The summed E-state index contributed by atoms with van der Waals surface area (Å²) in [6.45, 7) is 1.92. The fourth-order valence-corrected chi connectivity index (χ4v) is 5.65. The molecule has 9 nitrogen and oxygen atoms in total. The molecule has 1 atom stereocenters. The van der Waals surface area contributed by atoms with Crippen LogP contribution < -0.4 is 16.0 Å². The van der Waals surface area contributed by atoms with Gasteiger partial charge in [-0.2, -0.15) is 5.10 Å². The highest BCUT2D eigenvalue weighted by Crippen LogP contribution is 2.43. The Morgan fingerprint density at radius 2 is 1.27 bits per heavy atom. The van der Waals surface area contributed by atoms with Crippen molar-refractivity contribution in [2.45, 2.75) is 18.5 Å². The lowest BCUT2D eigenvalue weighted by atomic mass is 9.77. The summed E-state index contributed by atoms with van der Waals surface area (Å²) >= 11 is 0. The van der Waals surface area contributed by atoms with Crippen LogP contribution in [-0.4, -0.2) is 34.0 Å². The van der Waals surface area contributed by atoms with Crippen molar-refractivity contribution in [2.75, 3.05) is 17.7 Å². The number of nitrogens with one attached hydrogen (secondary N) is 3. The van der Waals surface area contributed by atoms with Crippen molar-refractivity contribution in [3.8, 4) is 0 Å². The van der Waals surface area contributed by atoms with Crippen molar-refractivity contribution in [1.29, 1.82) is 0 Å². The maximum Gasteiger partial charge on any atom is 0.412 e. The van der Waals surface area contributed by atoms with E-state index in [-0.39, 0.29) is 11.9 Å². The molecule has 224 valence electrons. The van der Waals surface area contributed by atoms with Crippen LogP contribution in [0.1, 0.15) is 35.2 Å². The van der Waals surface area contributed by atoms with Gasteiger partial charge in [-0.25, -0.2) is 19.3 Å². The Morgan fingerprint density at radius 3 is 1.78 bits per heavy atom. The number of pyridine rings is 1. The molecule has 0 radical (unpaired) electrons. The molecule has 2 heterocycles. The molecule has 0 fully saturated rings. The number of anilines is 2. The molecule has 6 rings (SSSR count). The third-order valence-electron chi connectivity index (χ3n) is 7.75. The average molecular weight is 597 g/mol. The summed E-state index contributed by atoms with van der Waals surface area (Å²) in [7, 11) is 1.30. The molecule has 3 amide bonds. The fraction of sp³-hybridized carbons (Fsp3) is 0.111. The minimum absolute atomic E-state index is 0.224. The molecular weight excluding hydrogens is 564 g/mol. The van der Waals surface area contributed by atoms with Crippen molar-refractivity contribution in [1.82, 2.24) is 20.1 Å². The first-order valence-corrected chi connectivity index (χ1v) is 14.5. The van der Waals surface area contributed by atoms with Crippen LogP contribution in [0.4, 0.5) is 21.2 Å². The highest BCUT2D eigenvalue weighted by atomic mass is 16.5. The zero-order valence-corrected chi connectivity index (χ0v) is 24.8. The van der Waals surface area contributed by atoms with Gasteiger partial charge in [-0.15, -0.1) is 0 Å². The number of amides is 3. The summed E-state index contributed by atoms with van der Waals surface area (Å²) in [6.07, 6.45) is 0.925. The molecule has 0 spiro atoms. The third-order valence-corrected chi connectivity index (χ3v) is 7.75. The van der Waals surface area contributed by atoms with E-state index in [0.717, 1.165) is 22.3 Å². The number of hydrogen-bond acceptors (Lipinski definition) is 5. The molecule has 0 saturated heterocycles. The number of urea groups is 1. The lowest BCUT2D eigenvalue weighted by Crippen LogP contribution is -2.38. The second-order valence-electron chi connectivity index (χ2n) is 10.5. The minimum atomic E-state index is -0.985. The maximum atomic E-state index is 13.1. The normalized spacial score (nSPS) is 11.9. The molecule has 2 aromatic heterocycles. The predicted octanol–water partition coefficient (Wildman–Crippen LogP) is 7.33. The van der Waals surface area contributed by atoms with Crippen molar-refractivity contribution in [3.05, 3.63) is 156 Å². The van der Waals surface area contributed by atoms with Gasteiger partial charge < -0.3 is 10.1 Å². The summed E-state index contributed by atoms with van der Waals surface area (Å²) in [4.78, 5) is 30.1. The molecule has 0 aliphatic heterocycles. The van der Waals surface area contributed by atoms with Crippen LogP contribution in [0.15, 0.2) is 134 Å². The van der Waals surface area contributed by atoms with Gasteiger partial charge in [0.1, 0.15) is 11.4 Å². The van der Waals surface area contributed by atoms with Crippen LogP contribution >= 0.6 is 0 Å². The Balaban J connectivity index is 1.55. The van der Waals surface area contributed by atoms with E-state index in [1.807, 2.05) is 96.5 Å². The second kappa shape index (κ2) is 12.7. The largest absolute Gasteiger partial charge is 0.453 e. The van der Waals surface area contributed by atoms with E-state index in [2.05, 4.69) is 57.3 Å². The van der Waals surface area contributed by atoms with E-state index in [1.54, 1.807) is 12.3 Å². The number of fused-ring (bicyclic) bond motifs is 1. The number of carbonyl (C=O) groups is 2. The van der Waals surface area contributed by atoms with Gasteiger partial charge in [0.25, 0.3) is 0 Å². The lowest BCUT2D eigenvalue weighted by Gasteiger charge is -2.37. The van der Waals surface area contributed by atoms with Crippen molar-refractivity contribution in [3.63, 3.8) is 0 Å². The first-order valence-electron chi connectivity index (χ1n) is 14.5. The number of nitrogens with zero attached hydrogens (tertiary/aromatic N) is 3. The van der Waals surface area contributed by atoms with Gasteiger partial charge in [-0.3, -0.25) is 10.6 Å². The van der Waals surface area contributed by atoms with Gasteiger partial charge in [0.05, 0.1) is 24.1 Å². The van der Waals surface area contributed by atoms with Gasteiger partial charge in [0.15, 0.2) is 5.82 Å². The zero-order valence-electron chi connectivity index (χ0n) is 24.8. The zero-order chi connectivity index (χ0) is 31.2. The van der Waals surface area contributed by atoms with E-state index in [9.17, 15) is 9.59 Å². The quantitative estimate of drug-likeness (QED) is 0.159. The summed E-state index contributed by atoms with van der Waals surface area (Å²) in [6, 6.07) is 41.0. The Labute approximate surface area is 260 Å². The SMILES string of the molecule is COC(=O)Nc1nn(C(c2ccccc2)(c2ccccc2)c2ccccc2)c2cc(NC(=O)N[C@H](C)c3ccccc3)ncc12. The number of rotatable bonds is 8. The third kappa shape index (κ3) is 5.71. The maximum absolute atomic E-state index is 13.1. The molecule has 0 saturated carbocycles. The number of methoxy groups -OCH3 is 1. The van der Waals surface area contributed by atoms with Crippen LogP contribution in [-0.2, 0) is 10.3 Å². The van der Waals surface area contributed by atoms with Gasteiger partial charge in [-0.1, -0.05) is 121 Å². The molecule has 0 unspecified atom stereocenters. The molecule has 0 bridgehead atoms. The van der Waals surface area contributed by atoms with Crippen molar-refractivity contribution >= 4 is 34.7 Å². The average Bonchev–Trinajstić information content (AvgIpc) is 3.44. The molecule has 6 aromatic rings. The van der Waals surface area contributed by atoms with Gasteiger partial charge in [0, 0.05) is 12.3 Å². The fourth-order valence-electron chi connectivity index (χ4n) is 5.65. The first kappa shape index (κ1) is 29.1. The number of ether oxygens (including phenoxy) is 1. The molecular formula is C36H32N6O3. The monoisotopic (exact) mass is 596 g/mol. The van der Waals surface area contributed by atoms with Crippen LogP contribution in [0.2, 0.25) is 0 Å². The standard InChI is InChI=1S/C36H32N6O3/c1-25(26-15-7-3-8-16-26)38-34(43)39-32-23-31-30(24-37-32)33(40-35(44)45-2)41-42(31)36(27-17-9-4-10-18-27,28-19-11-5-12-20-28)29-21-13-6-14-22-29/h3-25H,1-2H3,(H,40,41,44)(H2,37,38,39,43)/t25-/m1/s1. The molecule has 3 N–H and O–H groups in total. The topological polar surface area (TPSA) is 110 Å². The van der Waals surface area contributed by atoms with E-state index in [4.69, 9.17) is 9.84 Å². The summed E-state index contributed by atoms with van der Waals surface area (Å²) in [5.41, 5.74) is 3.44. The van der Waals surface area contributed by atoms with Gasteiger partial charge >= 0.3 is 12.1 Å². The Morgan fingerprint density at radius 1 is 0.756 bits per heavy atom. The lowest BCUT2D eigenvalue weighted by molar-refractivity contribution is 0.187. The van der Waals surface area contributed by atoms with Gasteiger partial charge in [-0.05, 0) is 29.2 Å². The van der Waals surface area contributed by atoms with Crippen molar-refractivity contribution in [2.24, 2.45) is 0 Å². The van der Waals surface area contributed by atoms with Gasteiger partial charge in [0.2, 0.25) is 0 Å². The molecule has 0 aliphatic rings. The number of aromatic nitrogens is 3. The van der Waals surface area contributed by atoms with E-state index in [1.165, 1.54) is 7.11 Å². The highest BCUT2D eigenvalue weighted by molar-refractivity contribution is 5.99. The number of benzene rings is 4. The molecule has 9 heteroatoms.